The molecule has 2 aliphatic rings. The summed E-state index contributed by atoms with van der Waals surface area (Å²) >= 11 is 0.824. The number of imide groups is 1. The Morgan fingerprint density at radius 1 is 1.24 bits per heavy atom. The Kier molecular flexibility index (Phi) is 6.07. The van der Waals surface area contributed by atoms with Crippen LogP contribution in [-0.2, 0) is 19.6 Å². The maximum atomic E-state index is 12.6. The SMILES string of the molecule is N#CC1CCC(=C2SC(=O)N(CC(=O)Nc3ccc(S(N)(=O)=O)cc3)C2=O)CC1. The van der Waals surface area contributed by atoms with Crippen LogP contribution in [0.2, 0.25) is 0 Å². The molecule has 1 heterocycles. The number of hydrogen-bond donors (Lipinski definition) is 2. The van der Waals surface area contributed by atoms with Gasteiger partial charge in [0.25, 0.3) is 11.1 Å². The van der Waals surface area contributed by atoms with E-state index in [1.807, 2.05) is 0 Å². The number of nitriles is 1. The molecule has 1 saturated carbocycles. The van der Waals surface area contributed by atoms with Crippen molar-refractivity contribution in [2.24, 2.45) is 11.1 Å². The second-order valence-corrected chi connectivity index (χ2v) is 9.24. The first-order chi connectivity index (χ1) is 13.7. The van der Waals surface area contributed by atoms with Gasteiger partial charge in [-0.1, -0.05) is 5.57 Å². The Balaban J connectivity index is 1.64. The Morgan fingerprint density at radius 3 is 2.41 bits per heavy atom. The molecule has 29 heavy (non-hydrogen) atoms. The van der Waals surface area contributed by atoms with Crippen LogP contribution in [0.4, 0.5) is 10.5 Å². The third-order valence-corrected chi connectivity index (χ3v) is 6.70. The van der Waals surface area contributed by atoms with E-state index in [0.29, 0.717) is 36.3 Å². The molecule has 0 atom stereocenters. The molecule has 1 aliphatic heterocycles. The molecule has 0 radical (unpaired) electrons. The summed E-state index contributed by atoms with van der Waals surface area (Å²) in [4.78, 5) is 38.2. The number of hydrogen-bond acceptors (Lipinski definition) is 7. The van der Waals surface area contributed by atoms with Gasteiger partial charge in [0.2, 0.25) is 15.9 Å². The van der Waals surface area contributed by atoms with Crippen LogP contribution in [0, 0.1) is 17.2 Å². The minimum absolute atomic E-state index is 0.0286. The quantitative estimate of drug-likeness (QED) is 0.687. The van der Waals surface area contributed by atoms with Crippen LogP contribution >= 0.6 is 11.8 Å². The van der Waals surface area contributed by atoms with Crippen molar-refractivity contribution in [1.82, 2.24) is 4.90 Å². The van der Waals surface area contributed by atoms with Gasteiger partial charge in [0.05, 0.1) is 15.9 Å². The summed E-state index contributed by atoms with van der Waals surface area (Å²) in [7, 11) is -3.84. The number of amides is 3. The molecule has 3 rings (SSSR count). The molecule has 1 aromatic carbocycles. The molecule has 9 nitrogen and oxygen atoms in total. The molecule has 1 aliphatic carbocycles. The van der Waals surface area contributed by atoms with Crippen molar-refractivity contribution in [3.63, 3.8) is 0 Å². The van der Waals surface area contributed by atoms with Crippen molar-refractivity contribution in [1.29, 1.82) is 5.26 Å². The monoisotopic (exact) mass is 434 g/mol. The van der Waals surface area contributed by atoms with E-state index in [0.717, 1.165) is 22.2 Å². The van der Waals surface area contributed by atoms with Gasteiger partial charge in [0, 0.05) is 11.6 Å². The molecule has 2 fully saturated rings. The van der Waals surface area contributed by atoms with Gasteiger partial charge in [-0.15, -0.1) is 0 Å². The second-order valence-electron chi connectivity index (χ2n) is 6.71. The predicted octanol–water partition coefficient (Wildman–Crippen LogP) is 1.94. The molecule has 0 spiro atoms. The van der Waals surface area contributed by atoms with Crippen molar-refractivity contribution in [2.45, 2.75) is 30.6 Å². The average molecular weight is 434 g/mol. The second kappa shape index (κ2) is 8.36. The van der Waals surface area contributed by atoms with Gasteiger partial charge < -0.3 is 5.32 Å². The number of thioether (sulfide) groups is 1. The number of nitrogens with two attached hydrogens (primary N) is 1. The smallest absolute Gasteiger partial charge is 0.294 e. The molecule has 0 unspecified atom stereocenters. The van der Waals surface area contributed by atoms with Crippen LogP contribution in [0.3, 0.4) is 0 Å². The van der Waals surface area contributed by atoms with Crippen LogP contribution in [0.1, 0.15) is 25.7 Å². The highest BCUT2D eigenvalue weighted by Crippen LogP contribution is 2.39. The Morgan fingerprint density at radius 2 is 1.86 bits per heavy atom. The number of allylic oxidation sites excluding steroid dienone is 1. The van der Waals surface area contributed by atoms with Crippen LogP contribution in [0.15, 0.2) is 39.6 Å². The van der Waals surface area contributed by atoms with Gasteiger partial charge >= 0.3 is 0 Å². The number of nitrogens with zero attached hydrogens (tertiary/aromatic N) is 2. The van der Waals surface area contributed by atoms with Gasteiger partial charge in [-0.25, -0.2) is 13.6 Å². The Labute approximate surface area is 172 Å². The zero-order chi connectivity index (χ0) is 21.2. The normalized spacial score (nSPS) is 20.0. The van der Waals surface area contributed by atoms with Crippen molar-refractivity contribution in [3.05, 3.63) is 34.7 Å². The van der Waals surface area contributed by atoms with Crippen LogP contribution in [-0.4, -0.2) is 36.9 Å². The summed E-state index contributed by atoms with van der Waals surface area (Å²) in [6.07, 6.45) is 2.50. The number of carbonyl (C=O) groups excluding carboxylic acids is 3. The molecular weight excluding hydrogens is 416 g/mol. The van der Waals surface area contributed by atoms with Crippen molar-refractivity contribution in [2.75, 3.05) is 11.9 Å². The lowest BCUT2D eigenvalue weighted by Gasteiger charge is -2.19. The summed E-state index contributed by atoms with van der Waals surface area (Å²) in [5.74, 6) is -1.11. The maximum Gasteiger partial charge on any atom is 0.294 e. The fourth-order valence-electron chi connectivity index (χ4n) is 3.15. The Bertz CT molecular complexity index is 1030. The molecule has 3 N–H and O–H groups in total. The molecule has 152 valence electrons. The van der Waals surface area contributed by atoms with E-state index in [9.17, 15) is 22.8 Å². The summed E-state index contributed by atoms with van der Waals surface area (Å²) in [5.41, 5.74) is 1.17. The molecule has 0 bridgehead atoms. The number of anilines is 1. The lowest BCUT2D eigenvalue weighted by atomic mass is 9.86. The van der Waals surface area contributed by atoms with E-state index in [1.165, 1.54) is 24.3 Å². The third kappa shape index (κ3) is 4.84. The maximum absolute atomic E-state index is 12.6. The predicted molar refractivity (Wildman–Crippen MR) is 106 cm³/mol. The number of carbonyl (C=O) groups is 3. The minimum atomic E-state index is -3.84. The zero-order valence-corrected chi connectivity index (χ0v) is 16.9. The topological polar surface area (TPSA) is 150 Å². The number of sulfonamides is 1. The highest BCUT2D eigenvalue weighted by Gasteiger charge is 2.38. The molecule has 1 saturated heterocycles. The van der Waals surface area contributed by atoms with Crippen molar-refractivity contribution < 1.29 is 22.8 Å². The minimum Gasteiger partial charge on any atom is -0.325 e. The Hall–Kier alpha value is -2.68. The van der Waals surface area contributed by atoms with E-state index in [4.69, 9.17) is 10.4 Å². The molecule has 3 amide bonds. The van der Waals surface area contributed by atoms with Gasteiger partial charge in [-0.2, -0.15) is 5.26 Å². The van der Waals surface area contributed by atoms with Gasteiger partial charge in [0.1, 0.15) is 6.54 Å². The van der Waals surface area contributed by atoms with Crippen molar-refractivity contribution in [3.8, 4) is 6.07 Å². The van der Waals surface area contributed by atoms with Crippen molar-refractivity contribution >= 4 is 44.5 Å². The van der Waals surface area contributed by atoms with Gasteiger partial charge in [0.15, 0.2) is 0 Å². The summed E-state index contributed by atoms with van der Waals surface area (Å²) in [6.45, 7) is -0.445. The first-order valence-corrected chi connectivity index (χ1v) is 11.1. The average Bonchev–Trinajstić information content (AvgIpc) is 2.96. The van der Waals surface area contributed by atoms with E-state index < -0.39 is 33.6 Å². The molecular formula is C18H18N4O5S2. The van der Waals surface area contributed by atoms with E-state index >= 15 is 0 Å². The number of nitrogens with one attached hydrogen (secondary N) is 1. The van der Waals surface area contributed by atoms with Gasteiger partial charge in [-0.3, -0.25) is 19.3 Å². The van der Waals surface area contributed by atoms with E-state index in [1.54, 1.807) is 0 Å². The first-order valence-electron chi connectivity index (χ1n) is 8.77. The van der Waals surface area contributed by atoms with E-state index in [-0.39, 0.29) is 10.8 Å². The van der Waals surface area contributed by atoms with Crippen LogP contribution < -0.4 is 10.5 Å². The summed E-state index contributed by atoms with van der Waals surface area (Å²) in [6, 6.07) is 7.43. The zero-order valence-electron chi connectivity index (χ0n) is 15.3. The van der Waals surface area contributed by atoms with Crippen LogP contribution in [0.25, 0.3) is 0 Å². The fourth-order valence-corrected chi connectivity index (χ4v) is 4.64. The van der Waals surface area contributed by atoms with Crippen LogP contribution in [0.5, 0.6) is 0 Å². The highest BCUT2D eigenvalue weighted by molar-refractivity contribution is 8.18. The molecule has 0 aromatic heterocycles. The highest BCUT2D eigenvalue weighted by atomic mass is 32.2. The third-order valence-electron chi connectivity index (χ3n) is 4.71. The molecule has 1 aromatic rings. The van der Waals surface area contributed by atoms with E-state index in [2.05, 4.69) is 11.4 Å². The summed E-state index contributed by atoms with van der Waals surface area (Å²) in [5, 5.41) is 16.0. The number of primary sulfonamides is 1. The molecule has 11 heteroatoms. The summed E-state index contributed by atoms with van der Waals surface area (Å²) < 4.78 is 22.5. The van der Waals surface area contributed by atoms with Gasteiger partial charge in [-0.05, 0) is 61.7 Å². The largest absolute Gasteiger partial charge is 0.325 e. The number of benzene rings is 1. The number of rotatable bonds is 4. The fraction of sp³-hybridized carbons (Fsp3) is 0.333. The lowest BCUT2D eigenvalue weighted by Crippen LogP contribution is -2.36. The lowest BCUT2D eigenvalue weighted by molar-refractivity contribution is -0.127. The standard InChI is InChI=1S/C18H18N4O5S2/c19-9-11-1-3-12(4-2-11)16-17(24)22(18(25)28-16)10-15(23)21-13-5-7-14(8-6-13)29(20,26)27/h5-8,11H,1-4,10H2,(H,21,23)(H2,20,26,27). The first kappa shape index (κ1) is 21.0.